The molecule has 0 aromatic heterocycles. The maximum absolute atomic E-state index is 13.2. The fourth-order valence-corrected chi connectivity index (χ4v) is 7.35. The summed E-state index contributed by atoms with van der Waals surface area (Å²) in [7, 11) is 0. The Morgan fingerprint density at radius 2 is 1.76 bits per heavy atom. The molecule has 1 amide bonds. The third kappa shape index (κ3) is 4.18. The van der Waals surface area contributed by atoms with Gasteiger partial charge in [-0.05, 0) is 67.9 Å². The van der Waals surface area contributed by atoms with E-state index in [2.05, 4.69) is 0 Å². The third-order valence-electron chi connectivity index (χ3n) is 8.15. The third-order valence-corrected chi connectivity index (χ3v) is 8.15. The van der Waals surface area contributed by atoms with Crippen LogP contribution < -0.4 is 4.90 Å². The van der Waals surface area contributed by atoms with E-state index < -0.39 is 28.0 Å². The van der Waals surface area contributed by atoms with Gasteiger partial charge in [-0.2, -0.15) is 13.2 Å². The molecule has 1 saturated heterocycles. The highest BCUT2D eigenvalue weighted by molar-refractivity contribution is 5.77. The minimum atomic E-state index is -4.65. The lowest BCUT2D eigenvalue weighted by Gasteiger charge is -2.60. The number of hydrogen-bond acceptors (Lipinski definition) is 5. The minimum Gasteiger partial charge on any atom is -0.390 e. The summed E-state index contributed by atoms with van der Waals surface area (Å²) < 4.78 is 38.9. The highest BCUT2D eigenvalue weighted by Crippen LogP contribution is 2.62. The molecule has 1 aliphatic heterocycles. The van der Waals surface area contributed by atoms with E-state index >= 15 is 0 Å². The number of nitro groups is 1. The van der Waals surface area contributed by atoms with Gasteiger partial charge in [0.05, 0.1) is 16.1 Å². The van der Waals surface area contributed by atoms with Crippen LogP contribution in [0.3, 0.4) is 0 Å². The Labute approximate surface area is 189 Å². The van der Waals surface area contributed by atoms with Gasteiger partial charge in [-0.1, -0.05) is 0 Å². The van der Waals surface area contributed by atoms with E-state index in [9.17, 15) is 33.2 Å². The van der Waals surface area contributed by atoms with E-state index in [1.807, 2.05) is 0 Å². The molecule has 4 bridgehead atoms. The van der Waals surface area contributed by atoms with E-state index in [0.29, 0.717) is 56.9 Å². The largest absolute Gasteiger partial charge is 0.416 e. The van der Waals surface area contributed by atoms with Crippen molar-refractivity contribution in [2.75, 3.05) is 31.1 Å². The molecule has 180 valence electrons. The number of piperazine rings is 1. The quantitative estimate of drug-likeness (QED) is 0.535. The molecule has 4 saturated carbocycles. The molecule has 0 spiro atoms. The van der Waals surface area contributed by atoms with E-state index in [1.54, 1.807) is 9.80 Å². The van der Waals surface area contributed by atoms with Crippen LogP contribution in [0.15, 0.2) is 18.2 Å². The van der Waals surface area contributed by atoms with Crippen molar-refractivity contribution in [3.05, 3.63) is 33.9 Å². The van der Waals surface area contributed by atoms with Crippen molar-refractivity contribution >= 4 is 17.3 Å². The maximum Gasteiger partial charge on any atom is 0.416 e. The fourth-order valence-electron chi connectivity index (χ4n) is 7.35. The first-order valence-electron chi connectivity index (χ1n) is 11.6. The van der Waals surface area contributed by atoms with Crippen molar-refractivity contribution in [3.8, 4) is 0 Å². The van der Waals surface area contributed by atoms with Gasteiger partial charge in [-0.15, -0.1) is 0 Å². The molecule has 2 atom stereocenters. The van der Waals surface area contributed by atoms with Gasteiger partial charge in [0.1, 0.15) is 5.69 Å². The van der Waals surface area contributed by atoms with Crippen LogP contribution in [0.1, 0.15) is 50.5 Å². The van der Waals surface area contributed by atoms with Crippen LogP contribution in [-0.4, -0.2) is 52.6 Å². The summed E-state index contributed by atoms with van der Waals surface area (Å²) >= 11 is 0. The normalized spacial score (nSPS) is 33.5. The summed E-state index contributed by atoms with van der Waals surface area (Å²) in [6, 6.07) is 2.58. The number of hydrogen-bond donors (Lipinski definition) is 1. The lowest BCUT2D eigenvalue weighted by molar-refractivity contribution is -0.384. The Morgan fingerprint density at radius 1 is 1.12 bits per heavy atom. The maximum atomic E-state index is 13.2. The van der Waals surface area contributed by atoms with Gasteiger partial charge in [0.15, 0.2) is 0 Å². The van der Waals surface area contributed by atoms with Crippen molar-refractivity contribution in [2.24, 2.45) is 17.3 Å². The van der Waals surface area contributed by atoms with Crippen LogP contribution in [0, 0.1) is 27.4 Å². The molecule has 1 aromatic carbocycles. The number of carbonyl (C=O) groups excluding carboxylic acids is 1. The number of rotatable bonds is 4. The summed E-state index contributed by atoms with van der Waals surface area (Å²) in [6.07, 6.45) is 1.30. The molecular formula is C23H28F3N3O4. The average molecular weight is 467 g/mol. The number of amides is 1. The SMILES string of the molecule is O=C(CC12CC3CC(CC(O)(C3)C1)C2)N1CCN(c2ccc(C(F)(F)F)cc2[N+](=O)[O-])CC1. The van der Waals surface area contributed by atoms with E-state index in [-0.39, 0.29) is 17.0 Å². The number of carbonyl (C=O) groups is 1. The highest BCUT2D eigenvalue weighted by Gasteiger charge is 2.57. The van der Waals surface area contributed by atoms with Gasteiger partial charge in [-0.25, -0.2) is 0 Å². The summed E-state index contributed by atoms with van der Waals surface area (Å²) in [5.41, 5.74) is -2.23. The molecule has 1 aromatic rings. The Bertz CT molecular complexity index is 960. The molecule has 33 heavy (non-hydrogen) atoms. The van der Waals surface area contributed by atoms with Gasteiger partial charge >= 0.3 is 6.18 Å². The molecule has 7 nitrogen and oxygen atoms in total. The van der Waals surface area contributed by atoms with Gasteiger partial charge in [-0.3, -0.25) is 14.9 Å². The predicted octanol–water partition coefficient (Wildman–Crippen LogP) is 3.98. The topological polar surface area (TPSA) is 86.9 Å². The van der Waals surface area contributed by atoms with E-state index in [0.717, 1.165) is 44.2 Å². The predicted molar refractivity (Wildman–Crippen MR) is 114 cm³/mol. The Kier molecular flexibility index (Phi) is 5.15. The highest BCUT2D eigenvalue weighted by atomic mass is 19.4. The average Bonchev–Trinajstić information content (AvgIpc) is 2.70. The second-order valence-electron chi connectivity index (χ2n) is 10.7. The number of benzene rings is 1. The minimum absolute atomic E-state index is 0.0436. The molecule has 5 aliphatic rings. The second-order valence-corrected chi connectivity index (χ2v) is 10.7. The number of alkyl halides is 3. The number of nitro benzene ring substituents is 1. The van der Waals surface area contributed by atoms with Crippen LogP contribution in [0.5, 0.6) is 0 Å². The van der Waals surface area contributed by atoms with Crippen molar-refractivity contribution in [3.63, 3.8) is 0 Å². The summed E-state index contributed by atoms with van der Waals surface area (Å²) in [6.45, 7) is 1.37. The van der Waals surface area contributed by atoms with Crippen molar-refractivity contribution in [2.45, 2.75) is 56.7 Å². The number of anilines is 1. The smallest absolute Gasteiger partial charge is 0.390 e. The van der Waals surface area contributed by atoms with Crippen LogP contribution in [0.2, 0.25) is 0 Å². The zero-order valence-corrected chi connectivity index (χ0v) is 18.3. The van der Waals surface area contributed by atoms with Crippen molar-refractivity contribution in [1.82, 2.24) is 4.90 Å². The van der Waals surface area contributed by atoms with Gasteiger partial charge < -0.3 is 14.9 Å². The summed E-state index contributed by atoms with van der Waals surface area (Å²) in [4.78, 5) is 27.2. The zero-order chi connectivity index (χ0) is 23.6. The molecular weight excluding hydrogens is 439 g/mol. The van der Waals surface area contributed by atoms with Gasteiger partial charge in [0, 0.05) is 38.7 Å². The molecule has 4 aliphatic carbocycles. The van der Waals surface area contributed by atoms with Crippen LogP contribution in [-0.2, 0) is 11.0 Å². The van der Waals surface area contributed by atoms with Crippen LogP contribution in [0.25, 0.3) is 0 Å². The van der Waals surface area contributed by atoms with E-state index in [1.165, 1.54) is 0 Å². The zero-order valence-electron chi connectivity index (χ0n) is 18.3. The Hall–Kier alpha value is -2.36. The molecule has 2 unspecified atom stereocenters. The van der Waals surface area contributed by atoms with Crippen molar-refractivity contribution < 1.29 is 28.0 Å². The van der Waals surface area contributed by atoms with Gasteiger partial charge in [0.2, 0.25) is 5.91 Å². The first-order valence-corrected chi connectivity index (χ1v) is 11.6. The Balaban J connectivity index is 1.25. The van der Waals surface area contributed by atoms with Gasteiger partial charge in [0.25, 0.3) is 5.69 Å². The lowest BCUT2D eigenvalue weighted by atomic mass is 9.47. The molecule has 1 N–H and O–H groups in total. The van der Waals surface area contributed by atoms with Crippen LogP contribution >= 0.6 is 0 Å². The van der Waals surface area contributed by atoms with E-state index in [4.69, 9.17) is 0 Å². The Morgan fingerprint density at radius 3 is 2.30 bits per heavy atom. The summed E-state index contributed by atoms with van der Waals surface area (Å²) in [5.74, 6) is 1.05. The first-order chi connectivity index (χ1) is 15.5. The number of nitrogens with zero attached hydrogens (tertiary/aromatic N) is 3. The first kappa shape index (κ1) is 22.4. The standard InChI is InChI=1S/C23H28F3N3O4/c24-23(25,26)17-1-2-18(19(8-17)29(32)33)27-3-5-28(6-4-27)20(30)13-21-9-15-7-16(10-21)12-22(31,11-15)14-21/h1-2,8,15-16,31H,3-7,9-14H2. The number of aliphatic hydroxyl groups is 1. The monoisotopic (exact) mass is 467 g/mol. The molecule has 1 heterocycles. The molecule has 0 radical (unpaired) electrons. The number of halogens is 3. The second kappa shape index (κ2) is 7.58. The molecule has 6 rings (SSSR count). The lowest BCUT2D eigenvalue weighted by Crippen LogP contribution is -2.57. The van der Waals surface area contributed by atoms with Crippen LogP contribution in [0.4, 0.5) is 24.5 Å². The fraction of sp³-hybridized carbons (Fsp3) is 0.696. The summed E-state index contributed by atoms with van der Waals surface area (Å²) in [5, 5.41) is 22.4. The van der Waals surface area contributed by atoms with Crippen molar-refractivity contribution in [1.29, 1.82) is 0 Å². The molecule has 10 heteroatoms. The molecule has 5 fully saturated rings.